The number of carbonyl (C=O) groups is 2. The van der Waals surface area contributed by atoms with Gasteiger partial charge in [-0.25, -0.2) is 9.59 Å². The van der Waals surface area contributed by atoms with Crippen LogP contribution in [0.3, 0.4) is 0 Å². The van der Waals surface area contributed by atoms with Crippen molar-refractivity contribution >= 4 is 33.6 Å². The number of aromatic carboxylic acids is 1. The van der Waals surface area contributed by atoms with Gasteiger partial charge < -0.3 is 15.3 Å². The zero-order chi connectivity index (χ0) is 15.1. The number of nitrogens with zero attached hydrogens (tertiary/aromatic N) is 1. The van der Waals surface area contributed by atoms with Crippen molar-refractivity contribution in [1.29, 1.82) is 0 Å². The maximum Gasteiger partial charge on any atom is 0.335 e. The lowest BCUT2D eigenvalue weighted by atomic mass is 10.2. The summed E-state index contributed by atoms with van der Waals surface area (Å²) in [4.78, 5) is 24.5. The first-order valence-corrected chi connectivity index (χ1v) is 7.30. The summed E-state index contributed by atoms with van der Waals surface area (Å²) in [5.74, 6) is -1.02. The molecule has 6 heteroatoms. The fourth-order valence-electron chi connectivity index (χ4n) is 1.67. The third-order valence-electron chi connectivity index (χ3n) is 2.90. The number of carboxylic acid groups (broad SMARTS) is 1. The molecule has 0 aliphatic heterocycles. The van der Waals surface area contributed by atoms with Crippen LogP contribution in [0.5, 0.6) is 0 Å². The van der Waals surface area contributed by atoms with Crippen LogP contribution in [-0.2, 0) is 0 Å². The summed E-state index contributed by atoms with van der Waals surface area (Å²) in [6, 6.07) is 4.28. The summed E-state index contributed by atoms with van der Waals surface area (Å²) in [5, 5.41) is 11.7. The number of amides is 2. The highest BCUT2D eigenvalue weighted by atomic mass is 79.9. The molecule has 0 heterocycles. The van der Waals surface area contributed by atoms with E-state index in [1.54, 1.807) is 18.0 Å². The van der Waals surface area contributed by atoms with E-state index < -0.39 is 5.97 Å². The Hall–Kier alpha value is -1.56. The number of anilines is 1. The Kier molecular flexibility index (Phi) is 6.51. The first-order valence-electron chi connectivity index (χ1n) is 6.50. The lowest BCUT2D eigenvalue weighted by Gasteiger charge is -2.18. The molecular formula is C14H19BrN2O3. The second kappa shape index (κ2) is 7.89. The van der Waals surface area contributed by atoms with E-state index in [1.807, 2.05) is 0 Å². The summed E-state index contributed by atoms with van der Waals surface area (Å²) in [6.45, 7) is 2.78. The van der Waals surface area contributed by atoms with Gasteiger partial charge in [-0.15, -0.1) is 0 Å². The van der Waals surface area contributed by atoms with E-state index in [1.165, 1.54) is 12.1 Å². The first-order chi connectivity index (χ1) is 9.45. The third kappa shape index (κ3) is 4.85. The molecule has 0 saturated heterocycles. The number of benzene rings is 1. The fourth-order valence-corrected chi connectivity index (χ4v) is 2.01. The van der Waals surface area contributed by atoms with Gasteiger partial charge in [0.15, 0.2) is 0 Å². The predicted molar refractivity (Wildman–Crippen MR) is 82.3 cm³/mol. The van der Waals surface area contributed by atoms with Gasteiger partial charge in [0.1, 0.15) is 0 Å². The molecule has 2 N–H and O–H groups in total. The minimum absolute atomic E-state index is 0.136. The van der Waals surface area contributed by atoms with Crippen LogP contribution >= 0.6 is 15.9 Å². The molecule has 0 spiro atoms. The quantitative estimate of drug-likeness (QED) is 0.772. The highest BCUT2D eigenvalue weighted by molar-refractivity contribution is 9.10. The molecule has 0 aliphatic carbocycles. The van der Waals surface area contributed by atoms with Crippen LogP contribution < -0.4 is 5.32 Å². The molecule has 0 fully saturated rings. The Morgan fingerprint density at radius 1 is 1.35 bits per heavy atom. The van der Waals surface area contributed by atoms with Gasteiger partial charge >= 0.3 is 12.0 Å². The molecule has 0 atom stereocenters. The molecule has 0 bridgehead atoms. The van der Waals surface area contributed by atoms with Crippen LogP contribution in [0.1, 0.15) is 36.5 Å². The van der Waals surface area contributed by atoms with Gasteiger partial charge in [0.25, 0.3) is 0 Å². The average molecular weight is 343 g/mol. The maximum atomic E-state index is 12.0. The van der Waals surface area contributed by atoms with Crippen molar-refractivity contribution in [1.82, 2.24) is 4.90 Å². The van der Waals surface area contributed by atoms with Gasteiger partial charge in [-0.2, -0.15) is 0 Å². The van der Waals surface area contributed by atoms with Crippen LogP contribution in [0.4, 0.5) is 10.5 Å². The van der Waals surface area contributed by atoms with Crippen molar-refractivity contribution in [2.75, 3.05) is 18.9 Å². The number of unbranched alkanes of at least 4 members (excludes halogenated alkanes) is 2. The van der Waals surface area contributed by atoms with Crippen molar-refractivity contribution in [3.8, 4) is 0 Å². The van der Waals surface area contributed by atoms with E-state index in [2.05, 4.69) is 28.2 Å². The van der Waals surface area contributed by atoms with Gasteiger partial charge in [-0.05, 0) is 40.5 Å². The van der Waals surface area contributed by atoms with Crippen LogP contribution in [-0.4, -0.2) is 35.6 Å². The number of halogens is 1. The van der Waals surface area contributed by atoms with E-state index in [9.17, 15) is 9.59 Å². The predicted octanol–water partition coefficient (Wildman–Crippen LogP) is 3.80. The number of hydrogen-bond donors (Lipinski definition) is 2. The summed E-state index contributed by atoms with van der Waals surface area (Å²) >= 11 is 3.29. The van der Waals surface area contributed by atoms with E-state index in [-0.39, 0.29) is 11.6 Å². The lowest BCUT2D eigenvalue weighted by molar-refractivity contribution is 0.0697. The Bertz CT molecular complexity index is 491. The number of urea groups is 1. The van der Waals surface area contributed by atoms with Gasteiger partial charge in [0, 0.05) is 18.1 Å². The molecule has 20 heavy (non-hydrogen) atoms. The number of nitrogens with one attached hydrogen (secondary N) is 1. The smallest absolute Gasteiger partial charge is 0.335 e. The zero-order valence-corrected chi connectivity index (χ0v) is 13.2. The molecule has 2 amide bonds. The molecule has 0 aliphatic rings. The Morgan fingerprint density at radius 3 is 2.65 bits per heavy atom. The number of carboxylic acids is 1. The van der Waals surface area contributed by atoms with E-state index in [0.717, 1.165) is 19.3 Å². The molecule has 1 rings (SSSR count). The molecule has 0 unspecified atom stereocenters. The molecule has 0 saturated carbocycles. The highest BCUT2D eigenvalue weighted by Crippen LogP contribution is 2.24. The Balaban J connectivity index is 2.69. The second-order valence-electron chi connectivity index (χ2n) is 4.56. The summed E-state index contributed by atoms with van der Waals surface area (Å²) in [5.41, 5.74) is 0.592. The fraction of sp³-hybridized carbons (Fsp3) is 0.429. The van der Waals surface area contributed by atoms with Gasteiger partial charge in [-0.1, -0.05) is 19.8 Å². The Labute approximate surface area is 127 Å². The molecule has 1 aromatic rings. The normalized spacial score (nSPS) is 10.2. The van der Waals surface area contributed by atoms with Crippen LogP contribution in [0, 0.1) is 0 Å². The van der Waals surface area contributed by atoms with Crippen molar-refractivity contribution in [3.63, 3.8) is 0 Å². The van der Waals surface area contributed by atoms with E-state index >= 15 is 0 Å². The number of rotatable bonds is 6. The molecular weight excluding hydrogens is 324 g/mol. The summed E-state index contributed by atoms with van der Waals surface area (Å²) < 4.78 is 0.651. The minimum Gasteiger partial charge on any atom is -0.478 e. The average Bonchev–Trinajstić information content (AvgIpc) is 2.41. The van der Waals surface area contributed by atoms with Gasteiger partial charge in [0.2, 0.25) is 0 Å². The van der Waals surface area contributed by atoms with Crippen LogP contribution in [0.25, 0.3) is 0 Å². The molecule has 0 aromatic heterocycles. The van der Waals surface area contributed by atoms with Gasteiger partial charge in [0.05, 0.1) is 11.3 Å². The van der Waals surface area contributed by atoms with Crippen molar-refractivity contribution in [3.05, 3.63) is 28.2 Å². The second-order valence-corrected chi connectivity index (χ2v) is 5.41. The van der Waals surface area contributed by atoms with Crippen LogP contribution in [0.2, 0.25) is 0 Å². The molecule has 110 valence electrons. The van der Waals surface area contributed by atoms with Crippen molar-refractivity contribution < 1.29 is 14.7 Å². The summed E-state index contributed by atoms with van der Waals surface area (Å²) in [7, 11) is 1.72. The minimum atomic E-state index is -1.02. The largest absolute Gasteiger partial charge is 0.478 e. The van der Waals surface area contributed by atoms with Crippen LogP contribution in [0.15, 0.2) is 22.7 Å². The van der Waals surface area contributed by atoms with Crippen molar-refractivity contribution in [2.45, 2.75) is 26.2 Å². The van der Waals surface area contributed by atoms with E-state index in [4.69, 9.17) is 5.11 Å². The Morgan fingerprint density at radius 2 is 2.05 bits per heavy atom. The molecule has 0 radical (unpaired) electrons. The first kappa shape index (κ1) is 16.5. The maximum absolute atomic E-state index is 12.0. The lowest BCUT2D eigenvalue weighted by Crippen LogP contribution is -2.32. The van der Waals surface area contributed by atoms with E-state index in [0.29, 0.717) is 16.7 Å². The monoisotopic (exact) mass is 342 g/mol. The standard InChI is InChI=1S/C14H19BrN2O3/c1-3-4-5-8-17(2)14(20)16-12-9-10(13(18)19)6-7-11(12)15/h6-7,9H,3-5,8H2,1-2H3,(H,16,20)(H,18,19). The molecule has 1 aromatic carbocycles. The van der Waals surface area contributed by atoms with Crippen molar-refractivity contribution in [2.24, 2.45) is 0 Å². The van der Waals surface area contributed by atoms with Gasteiger partial charge in [-0.3, -0.25) is 0 Å². The highest BCUT2D eigenvalue weighted by Gasteiger charge is 2.12. The SMILES string of the molecule is CCCCCN(C)C(=O)Nc1cc(C(=O)O)ccc1Br. The summed E-state index contributed by atoms with van der Waals surface area (Å²) in [6.07, 6.45) is 3.13. The number of carbonyl (C=O) groups excluding carboxylic acids is 1. The topological polar surface area (TPSA) is 69.6 Å². The third-order valence-corrected chi connectivity index (χ3v) is 3.59. The number of hydrogen-bond acceptors (Lipinski definition) is 2. The molecule has 5 nitrogen and oxygen atoms in total. The zero-order valence-electron chi connectivity index (χ0n) is 11.6.